The minimum Gasteiger partial charge on any atom is -0.490 e. The molecule has 2 aromatic rings. The second kappa shape index (κ2) is 9.74. The number of thiophene rings is 1. The summed E-state index contributed by atoms with van der Waals surface area (Å²) in [5, 5.41) is 1.30. The number of hydrogen-bond acceptors (Lipinski definition) is 6. The summed E-state index contributed by atoms with van der Waals surface area (Å²) in [5.74, 6) is 1.63. The number of ether oxygens (including phenoxy) is 3. The van der Waals surface area contributed by atoms with E-state index in [9.17, 15) is 0 Å². The van der Waals surface area contributed by atoms with Gasteiger partial charge in [0.2, 0.25) is 0 Å². The Labute approximate surface area is 190 Å². The molecule has 0 aromatic carbocycles. The molecular formula is C25H36N2O3S. The van der Waals surface area contributed by atoms with Crippen LogP contribution >= 0.6 is 11.3 Å². The minimum atomic E-state index is 0.299. The van der Waals surface area contributed by atoms with Gasteiger partial charge in [0.1, 0.15) is 10.6 Å². The van der Waals surface area contributed by atoms with E-state index >= 15 is 0 Å². The van der Waals surface area contributed by atoms with Crippen molar-refractivity contribution in [3.63, 3.8) is 0 Å². The zero-order valence-electron chi connectivity index (χ0n) is 19.0. The average Bonchev–Trinajstić information content (AvgIpc) is 3.35. The van der Waals surface area contributed by atoms with Gasteiger partial charge < -0.3 is 14.2 Å². The second-order valence-corrected chi connectivity index (χ2v) is 10.4. The van der Waals surface area contributed by atoms with E-state index in [0.717, 1.165) is 62.8 Å². The maximum atomic E-state index is 6.68. The summed E-state index contributed by atoms with van der Waals surface area (Å²) < 4.78 is 18.1. The lowest BCUT2D eigenvalue weighted by molar-refractivity contribution is -0.000921. The summed E-state index contributed by atoms with van der Waals surface area (Å²) in [6.07, 6.45) is 10.8. The van der Waals surface area contributed by atoms with Crippen molar-refractivity contribution in [1.82, 2.24) is 9.88 Å². The van der Waals surface area contributed by atoms with E-state index in [1.54, 1.807) is 0 Å². The van der Waals surface area contributed by atoms with Crippen LogP contribution in [0.4, 0.5) is 0 Å². The molecule has 0 N–H and O–H groups in total. The third-order valence-corrected chi connectivity index (χ3v) is 8.54. The minimum absolute atomic E-state index is 0.299. The largest absolute Gasteiger partial charge is 0.490 e. The normalized spacial score (nSPS) is 28.0. The summed E-state index contributed by atoms with van der Waals surface area (Å²) in [7, 11) is 0. The SMILES string of the molecule is CCO[C@H](C)C[C@H]1CCc2sc3nccc(O[C@H]4CC[C@H](N5CCOCC5)CC4)c3c21. The fourth-order valence-corrected chi connectivity index (χ4v) is 7.13. The number of nitrogens with zero attached hydrogens (tertiary/aromatic N) is 2. The van der Waals surface area contributed by atoms with E-state index in [4.69, 9.17) is 19.2 Å². The van der Waals surface area contributed by atoms with Gasteiger partial charge in [-0.15, -0.1) is 11.3 Å². The Morgan fingerprint density at radius 2 is 2.00 bits per heavy atom. The summed E-state index contributed by atoms with van der Waals surface area (Å²) in [4.78, 5) is 10.0. The van der Waals surface area contributed by atoms with Gasteiger partial charge in [-0.1, -0.05) is 0 Å². The molecule has 5 rings (SSSR count). The highest BCUT2D eigenvalue weighted by molar-refractivity contribution is 7.19. The Kier molecular flexibility index (Phi) is 6.79. The molecule has 3 heterocycles. The van der Waals surface area contributed by atoms with Crippen LogP contribution in [0.25, 0.3) is 10.2 Å². The van der Waals surface area contributed by atoms with Crippen molar-refractivity contribution in [3.05, 3.63) is 22.7 Å². The molecule has 2 aliphatic carbocycles. The van der Waals surface area contributed by atoms with Crippen LogP contribution in [0.15, 0.2) is 12.3 Å². The van der Waals surface area contributed by atoms with Crippen molar-refractivity contribution >= 4 is 21.6 Å². The molecule has 6 heteroatoms. The first kappa shape index (κ1) is 21.6. The molecule has 2 fully saturated rings. The fraction of sp³-hybridized carbons (Fsp3) is 0.720. The number of hydrogen-bond donors (Lipinski definition) is 0. The van der Waals surface area contributed by atoms with Crippen LogP contribution in [-0.2, 0) is 15.9 Å². The molecule has 0 amide bonds. The Bertz CT molecular complexity index is 871. The van der Waals surface area contributed by atoms with Crippen LogP contribution in [0, 0.1) is 0 Å². The molecule has 0 unspecified atom stereocenters. The molecule has 5 nitrogen and oxygen atoms in total. The molecule has 0 spiro atoms. The predicted molar refractivity (Wildman–Crippen MR) is 125 cm³/mol. The quantitative estimate of drug-likeness (QED) is 0.590. The van der Waals surface area contributed by atoms with Gasteiger partial charge >= 0.3 is 0 Å². The smallest absolute Gasteiger partial charge is 0.131 e. The van der Waals surface area contributed by atoms with Crippen molar-refractivity contribution < 1.29 is 14.2 Å². The van der Waals surface area contributed by atoms with Crippen LogP contribution < -0.4 is 4.74 Å². The molecule has 1 aliphatic heterocycles. The van der Waals surface area contributed by atoms with Crippen LogP contribution in [0.5, 0.6) is 5.75 Å². The van der Waals surface area contributed by atoms with Gasteiger partial charge in [0.25, 0.3) is 0 Å². The van der Waals surface area contributed by atoms with Crippen molar-refractivity contribution in [3.8, 4) is 5.75 Å². The lowest BCUT2D eigenvalue weighted by Gasteiger charge is -2.38. The first-order chi connectivity index (χ1) is 15.2. The average molecular weight is 445 g/mol. The van der Waals surface area contributed by atoms with Crippen molar-refractivity contribution in [2.24, 2.45) is 0 Å². The monoisotopic (exact) mass is 444 g/mol. The number of pyridine rings is 1. The number of aromatic nitrogens is 1. The third kappa shape index (κ3) is 4.63. The van der Waals surface area contributed by atoms with E-state index in [2.05, 4.69) is 24.8 Å². The molecular weight excluding hydrogens is 408 g/mol. The molecule has 2 atom stereocenters. The fourth-order valence-electron chi connectivity index (χ4n) is 5.87. The first-order valence-corrected chi connectivity index (χ1v) is 13.0. The topological polar surface area (TPSA) is 43.8 Å². The van der Waals surface area contributed by atoms with Crippen molar-refractivity contribution in [2.75, 3.05) is 32.9 Å². The predicted octanol–water partition coefficient (Wildman–Crippen LogP) is 5.16. The molecule has 1 saturated carbocycles. The number of fused-ring (bicyclic) bond motifs is 3. The Hall–Kier alpha value is -1.21. The molecule has 2 aromatic heterocycles. The lowest BCUT2D eigenvalue weighted by Crippen LogP contribution is -2.46. The lowest BCUT2D eigenvalue weighted by atomic mass is 9.91. The van der Waals surface area contributed by atoms with E-state index in [-0.39, 0.29) is 0 Å². The van der Waals surface area contributed by atoms with Crippen LogP contribution in [-0.4, -0.2) is 61.0 Å². The van der Waals surface area contributed by atoms with E-state index in [1.165, 1.54) is 41.5 Å². The molecule has 1 saturated heterocycles. The summed E-state index contributed by atoms with van der Waals surface area (Å²) in [6, 6.07) is 2.81. The Balaban J connectivity index is 1.30. The van der Waals surface area contributed by atoms with E-state index < -0.39 is 0 Å². The molecule has 31 heavy (non-hydrogen) atoms. The van der Waals surface area contributed by atoms with Gasteiger partial charge in [0, 0.05) is 36.8 Å². The highest BCUT2D eigenvalue weighted by Crippen LogP contribution is 2.48. The highest BCUT2D eigenvalue weighted by atomic mass is 32.1. The van der Waals surface area contributed by atoms with Gasteiger partial charge in [-0.2, -0.15) is 0 Å². The molecule has 0 bridgehead atoms. The van der Waals surface area contributed by atoms with E-state index in [0.29, 0.717) is 24.2 Å². The van der Waals surface area contributed by atoms with Crippen molar-refractivity contribution in [1.29, 1.82) is 0 Å². The van der Waals surface area contributed by atoms with Crippen LogP contribution in [0.1, 0.15) is 68.7 Å². The highest BCUT2D eigenvalue weighted by Gasteiger charge is 2.32. The summed E-state index contributed by atoms with van der Waals surface area (Å²) in [6.45, 7) is 9.02. The van der Waals surface area contributed by atoms with Gasteiger partial charge in [0.05, 0.1) is 30.8 Å². The standard InChI is InChI=1S/C25H36N2O3S/c1-3-29-17(2)16-18-4-9-22-23(18)24-21(10-11-26-25(24)31-22)30-20-7-5-19(6-8-20)27-12-14-28-15-13-27/h10-11,17-20H,3-9,12-16H2,1-2H3/t17-,18-,19-,20-/m1/s1. The first-order valence-electron chi connectivity index (χ1n) is 12.2. The van der Waals surface area contributed by atoms with E-state index in [1.807, 2.05) is 17.5 Å². The Morgan fingerprint density at radius 3 is 2.77 bits per heavy atom. The van der Waals surface area contributed by atoms with Crippen LogP contribution in [0.3, 0.4) is 0 Å². The van der Waals surface area contributed by atoms with Gasteiger partial charge in [-0.05, 0) is 76.3 Å². The van der Waals surface area contributed by atoms with Crippen molar-refractivity contribution in [2.45, 2.75) is 83.0 Å². The number of rotatable bonds is 7. The number of morpholine rings is 1. The molecule has 0 radical (unpaired) electrons. The molecule has 3 aliphatic rings. The third-order valence-electron chi connectivity index (χ3n) is 7.36. The summed E-state index contributed by atoms with van der Waals surface area (Å²) >= 11 is 1.88. The summed E-state index contributed by atoms with van der Waals surface area (Å²) in [5.41, 5.74) is 1.51. The van der Waals surface area contributed by atoms with Crippen LogP contribution in [0.2, 0.25) is 0 Å². The maximum absolute atomic E-state index is 6.68. The maximum Gasteiger partial charge on any atom is 0.131 e. The Morgan fingerprint density at radius 1 is 1.19 bits per heavy atom. The number of aryl methyl sites for hydroxylation is 1. The molecule has 170 valence electrons. The second-order valence-electron chi connectivity index (χ2n) is 9.36. The van der Waals surface area contributed by atoms with Gasteiger partial charge in [-0.25, -0.2) is 4.98 Å². The zero-order valence-corrected chi connectivity index (χ0v) is 19.8. The van der Waals surface area contributed by atoms with Gasteiger partial charge in [0.15, 0.2) is 0 Å². The zero-order chi connectivity index (χ0) is 21.2. The van der Waals surface area contributed by atoms with Gasteiger partial charge in [-0.3, -0.25) is 4.90 Å².